The first-order valence-corrected chi connectivity index (χ1v) is 5.26. The SMILES string of the molecule is Cc1cc(C(=O)O)ccc1-n1ccc(C(F)(F)F)n1. The van der Waals surface area contributed by atoms with Gasteiger partial charge < -0.3 is 5.11 Å². The van der Waals surface area contributed by atoms with Gasteiger partial charge in [-0.2, -0.15) is 18.3 Å². The molecule has 0 saturated heterocycles. The van der Waals surface area contributed by atoms with Crippen molar-refractivity contribution in [1.82, 2.24) is 9.78 Å². The van der Waals surface area contributed by atoms with Crippen LogP contribution < -0.4 is 0 Å². The van der Waals surface area contributed by atoms with Crippen molar-refractivity contribution in [3.63, 3.8) is 0 Å². The number of carboxylic acids is 1. The molecule has 1 aromatic heterocycles. The summed E-state index contributed by atoms with van der Waals surface area (Å²) < 4.78 is 38.4. The summed E-state index contributed by atoms with van der Waals surface area (Å²) in [5.41, 5.74) is 0.0101. The molecule has 0 amide bonds. The third kappa shape index (κ3) is 2.59. The first-order valence-electron chi connectivity index (χ1n) is 5.26. The van der Waals surface area contributed by atoms with E-state index in [1.807, 2.05) is 0 Å². The van der Waals surface area contributed by atoms with Gasteiger partial charge in [0.15, 0.2) is 5.69 Å². The van der Waals surface area contributed by atoms with E-state index in [4.69, 9.17) is 5.11 Å². The summed E-state index contributed by atoms with van der Waals surface area (Å²) in [6, 6.07) is 4.99. The molecule has 0 aliphatic rings. The molecule has 0 bridgehead atoms. The number of aryl methyl sites for hydroxylation is 1. The fourth-order valence-electron chi connectivity index (χ4n) is 1.65. The van der Waals surface area contributed by atoms with Gasteiger partial charge in [0.25, 0.3) is 0 Å². The molecular weight excluding hydrogens is 261 g/mol. The number of carbonyl (C=O) groups is 1. The zero-order valence-electron chi connectivity index (χ0n) is 9.77. The number of halogens is 3. The summed E-state index contributed by atoms with van der Waals surface area (Å²) in [5.74, 6) is -1.09. The van der Waals surface area contributed by atoms with Crippen LogP contribution in [0.25, 0.3) is 5.69 Å². The lowest BCUT2D eigenvalue weighted by atomic mass is 10.1. The standard InChI is InChI=1S/C12H9F3N2O2/c1-7-6-8(11(18)19)2-3-9(7)17-5-4-10(16-17)12(13,14)15/h2-6H,1H3,(H,18,19). The molecule has 2 aromatic rings. The van der Waals surface area contributed by atoms with Crippen LogP contribution in [0.1, 0.15) is 21.6 Å². The van der Waals surface area contributed by atoms with E-state index < -0.39 is 17.8 Å². The number of nitrogens with zero attached hydrogens (tertiary/aromatic N) is 2. The summed E-state index contributed by atoms with van der Waals surface area (Å²) in [6.45, 7) is 1.61. The number of aromatic nitrogens is 2. The van der Waals surface area contributed by atoms with Crippen LogP contribution in [0.4, 0.5) is 13.2 Å². The molecule has 1 aromatic carbocycles. The third-order valence-corrected chi connectivity index (χ3v) is 2.57. The molecule has 2 rings (SSSR count). The number of hydrogen-bond acceptors (Lipinski definition) is 2. The molecule has 0 radical (unpaired) electrons. The van der Waals surface area contributed by atoms with Crippen molar-refractivity contribution in [2.45, 2.75) is 13.1 Å². The Kier molecular flexibility index (Phi) is 3.05. The summed E-state index contributed by atoms with van der Waals surface area (Å²) in [5, 5.41) is 12.2. The molecule has 1 heterocycles. The lowest BCUT2D eigenvalue weighted by Gasteiger charge is -2.07. The minimum Gasteiger partial charge on any atom is -0.478 e. The first kappa shape index (κ1) is 13.1. The van der Waals surface area contributed by atoms with Crippen LogP contribution in [-0.2, 0) is 6.18 Å². The van der Waals surface area contributed by atoms with E-state index in [0.717, 1.165) is 10.7 Å². The lowest BCUT2D eigenvalue weighted by molar-refractivity contribution is -0.141. The van der Waals surface area contributed by atoms with Crippen LogP contribution in [0, 0.1) is 6.92 Å². The molecule has 0 atom stereocenters. The summed E-state index contributed by atoms with van der Waals surface area (Å²) in [6.07, 6.45) is -3.31. The maximum Gasteiger partial charge on any atom is 0.435 e. The molecule has 0 spiro atoms. The highest BCUT2D eigenvalue weighted by Crippen LogP contribution is 2.28. The van der Waals surface area contributed by atoms with Gasteiger partial charge in [-0.3, -0.25) is 0 Å². The minimum atomic E-state index is -4.50. The fourth-order valence-corrected chi connectivity index (χ4v) is 1.65. The summed E-state index contributed by atoms with van der Waals surface area (Å²) in [4.78, 5) is 10.8. The number of aromatic carboxylic acids is 1. The quantitative estimate of drug-likeness (QED) is 0.912. The van der Waals surface area contributed by atoms with E-state index in [-0.39, 0.29) is 5.56 Å². The van der Waals surface area contributed by atoms with Crippen molar-refractivity contribution in [1.29, 1.82) is 0 Å². The number of hydrogen-bond donors (Lipinski definition) is 1. The highest BCUT2D eigenvalue weighted by molar-refractivity contribution is 5.88. The molecule has 4 nitrogen and oxygen atoms in total. The van der Waals surface area contributed by atoms with Crippen molar-refractivity contribution < 1.29 is 23.1 Å². The number of benzene rings is 1. The largest absolute Gasteiger partial charge is 0.478 e. The van der Waals surface area contributed by atoms with Crippen molar-refractivity contribution in [2.75, 3.05) is 0 Å². The Hall–Kier alpha value is -2.31. The topological polar surface area (TPSA) is 55.1 Å². The smallest absolute Gasteiger partial charge is 0.435 e. The van der Waals surface area contributed by atoms with Gasteiger partial charge in [0.2, 0.25) is 0 Å². The van der Waals surface area contributed by atoms with E-state index in [1.165, 1.54) is 24.4 Å². The van der Waals surface area contributed by atoms with Gasteiger partial charge in [0, 0.05) is 6.20 Å². The highest BCUT2D eigenvalue weighted by Gasteiger charge is 2.33. The van der Waals surface area contributed by atoms with Crippen molar-refractivity contribution in [3.8, 4) is 5.69 Å². The monoisotopic (exact) mass is 270 g/mol. The van der Waals surface area contributed by atoms with E-state index in [2.05, 4.69) is 5.10 Å². The van der Waals surface area contributed by atoms with Gasteiger partial charge in [0.1, 0.15) is 0 Å². The zero-order chi connectivity index (χ0) is 14.2. The molecule has 1 N–H and O–H groups in total. The molecule has 0 aliphatic heterocycles. The molecular formula is C12H9F3N2O2. The lowest BCUT2D eigenvalue weighted by Crippen LogP contribution is -2.08. The molecule has 0 aliphatic carbocycles. The molecule has 19 heavy (non-hydrogen) atoms. The Balaban J connectivity index is 2.43. The first-order chi connectivity index (χ1) is 8.79. The maximum atomic E-state index is 12.4. The molecule has 0 unspecified atom stereocenters. The predicted molar refractivity (Wildman–Crippen MR) is 60.3 cm³/mol. The summed E-state index contributed by atoms with van der Waals surface area (Å²) in [7, 11) is 0. The van der Waals surface area contributed by atoms with Gasteiger partial charge >= 0.3 is 12.1 Å². The van der Waals surface area contributed by atoms with Crippen molar-refractivity contribution in [2.24, 2.45) is 0 Å². The Morgan fingerprint density at radius 3 is 2.47 bits per heavy atom. The fraction of sp³-hybridized carbons (Fsp3) is 0.167. The Labute approximate surface area is 106 Å². The van der Waals surface area contributed by atoms with E-state index in [1.54, 1.807) is 6.92 Å². The van der Waals surface area contributed by atoms with E-state index in [9.17, 15) is 18.0 Å². The molecule has 100 valence electrons. The van der Waals surface area contributed by atoms with Crippen LogP contribution in [0.2, 0.25) is 0 Å². The van der Waals surface area contributed by atoms with Crippen molar-refractivity contribution in [3.05, 3.63) is 47.3 Å². The molecule has 0 fully saturated rings. The van der Waals surface area contributed by atoms with Gasteiger partial charge in [0.05, 0.1) is 11.3 Å². The number of carboxylic acid groups (broad SMARTS) is 1. The highest BCUT2D eigenvalue weighted by atomic mass is 19.4. The van der Waals surface area contributed by atoms with Crippen LogP contribution in [-0.4, -0.2) is 20.9 Å². The number of rotatable bonds is 2. The third-order valence-electron chi connectivity index (χ3n) is 2.57. The number of alkyl halides is 3. The minimum absolute atomic E-state index is 0.0736. The van der Waals surface area contributed by atoms with Crippen LogP contribution in [0.3, 0.4) is 0 Å². The molecule has 0 saturated carbocycles. The van der Waals surface area contributed by atoms with Crippen LogP contribution in [0.15, 0.2) is 30.5 Å². The Morgan fingerprint density at radius 2 is 2.00 bits per heavy atom. The average molecular weight is 270 g/mol. The normalized spacial score (nSPS) is 11.6. The second-order valence-electron chi connectivity index (χ2n) is 3.95. The maximum absolute atomic E-state index is 12.4. The van der Waals surface area contributed by atoms with Crippen LogP contribution in [0.5, 0.6) is 0 Å². The van der Waals surface area contributed by atoms with Gasteiger partial charge in [-0.05, 0) is 36.8 Å². The van der Waals surface area contributed by atoms with Gasteiger partial charge in [-0.1, -0.05) is 0 Å². The summed E-state index contributed by atoms with van der Waals surface area (Å²) >= 11 is 0. The van der Waals surface area contributed by atoms with E-state index >= 15 is 0 Å². The zero-order valence-corrected chi connectivity index (χ0v) is 9.77. The van der Waals surface area contributed by atoms with Crippen LogP contribution >= 0.6 is 0 Å². The average Bonchev–Trinajstić information content (AvgIpc) is 2.77. The van der Waals surface area contributed by atoms with Gasteiger partial charge in [-0.25, -0.2) is 9.48 Å². The van der Waals surface area contributed by atoms with Gasteiger partial charge in [-0.15, -0.1) is 0 Å². The second-order valence-corrected chi connectivity index (χ2v) is 3.95. The Morgan fingerprint density at radius 1 is 1.32 bits per heavy atom. The second kappa shape index (κ2) is 4.42. The van der Waals surface area contributed by atoms with Crippen molar-refractivity contribution >= 4 is 5.97 Å². The van der Waals surface area contributed by atoms with E-state index in [0.29, 0.717) is 11.3 Å². The predicted octanol–water partition coefficient (Wildman–Crippen LogP) is 2.90. The Bertz CT molecular complexity index is 632. The molecule has 7 heteroatoms.